The molecule has 0 amide bonds. The molecule has 20 heavy (non-hydrogen) atoms. The van der Waals surface area contributed by atoms with E-state index in [0.717, 1.165) is 6.42 Å². The van der Waals surface area contributed by atoms with Crippen LogP contribution in [-0.4, -0.2) is 21.6 Å². The molecule has 1 fully saturated rings. The van der Waals surface area contributed by atoms with Gasteiger partial charge in [0, 0.05) is 12.1 Å². The summed E-state index contributed by atoms with van der Waals surface area (Å²) >= 11 is 6.46. The lowest BCUT2D eigenvalue weighted by atomic mass is 9.77. The van der Waals surface area contributed by atoms with Crippen molar-refractivity contribution in [2.75, 3.05) is 0 Å². The maximum Gasteiger partial charge on any atom is 0.307 e. The molecule has 0 aromatic heterocycles. The molecule has 0 bridgehead atoms. The number of nitro benzene ring substituents is 1. The van der Waals surface area contributed by atoms with Gasteiger partial charge in [0.2, 0.25) is 0 Å². The van der Waals surface area contributed by atoms with Gasteiger partial charge in [0.1, 0.15) is 11.4 Å². The standard InChI is InChI=1S/C12H11Br2NO5/c13-8-4-7(15(18)19)5-9(14)11(8)20-12(2-1-3-12)6-10(16)17/h4-5H,1-3,6H2,(H,16,17). The Morgan fingerprint density at radius 2 is 1.95 bits per heavy atom. The van der Waals surface area contributed by atoms with Gasteiger partial charge in [0.05, 0.1) is 20.3 Å². The summed E-state index contributed by atoms with van der Waals surface area (Å²) in [5.74, 6) is -0.518. The van der Waals surface area contributed by atoms with E-state index < -0.39 is 16.5 Å². The van der Waals surface area contributed by atoms with E-state index in [1.165, 1.54) is 12.1 Å². The lowest BCUT2D eigenvalue weighted by molar-refractivity contribution is -0.385. The number of ether oxygens (including phenoxy) is 1. The molecule has 1 aromatic rings. The van der Waals surface area contributed by atoms with Gasteiger partial charge >= 0.3 is 5.97 Å². The molecule has 0 aliphatic heterocycles. The number of nitrogens with zero attached hydrogens (tertiary/aromatic N) is 1. The fourth-order valence-electron chi connectivity index (χ4n) is 2.13. The first-order chi connectivity index (χ1) is 9.33. The summed E-state index contributed by atoms with van der Waals surface area (Å²) in [4.78, 5) is 21.2. The van der Waals surface area contributed by atoms with Crippen LogP contribution in [0.4, 0.5) is 5.69 Å². The van der Waals surface area contributed by atoms with Gasteiger partial charge in [-0.1, -0.05) is 0 Å². The molecule has 1 N–H and O–H groups in total. The summed E-state index contributed by atoms with van der Waals surface area (Å²) in [6, 6.07) is 2.68. The zero-order chi connectivity index (χ0) is 14.9. The van der Waals surface area contributed by atoms with Gasteiger partial charge in [0.15, 0.2) is 0 Å². The highest BCUT2D eigenvalue weighted by Crippen LogP contribution is 2.45. The van der Waals surface area contributed by atoms with Crippen LogP contribution in [0.5, 0.6) is 5.75 Å². The van der Waals surface area contributed by atoms with E-state index >= 15 is 0 Å². The summed E-state index contributed by atoms with van der Waals surface area (Å²) in [5.41, 5.74) is -0.787. The molecular weight excluding hydrogens is 398 g/mol. The minimum atomic E-state index is -0.918. The average molecular weight is 409 g/mol. The van der Waals surface area contributed by atoms with Crippen molar-refractivity contribution in [2.45, 2.75) is 31.3 Å². The molecule has 108 valence electrons. The monoisotopic (exact) mass is 407 g/mol. The Morgan fingerprint density at radius 1 is 1.40 bits per heavy atom. The minimum Gasteiger partial charge on any atom is -0.484 e. The molecule has 0 unspecified atom stereocenters. The number of carboxylic acids is 1. The van der Waals surface area contributed by atoms with E-state index in [1.54, 1.807) is 0 Å². The van der Waals surface area contributed by atoms with Crippen molar-refractivity contribution in [3.05, 3.63) is 31.2 Å². The molecule has 6 nitrogen and oxygen atoms in total. The van der Waals surface area contributed by atoms with E-state index in [1.807, 2.05) is 0 Å². The summed E-state index contributed by atoms with van der Waals surface area (Å²) in [7, 11) is 0. The van der Waals surface area contributed by atoms with Crippen LogP contribution in [0.25, 0.3) is 0 Å². The Balaban J connectivity index is 2.29. The number of carbonyl (C=O) groups is 1. The van der Waals surface area contributed by atoms with Crippen LogP contribution in [0.2, 0.25) is 0 Å². The molecular formula is C12H11Br2NO5. The molecule has 1 aromatic carbocycles. The third-order valence-corrected chi connectivity index (χ3v) is 4.43. The Kier molecular flexibility index (Phi) is 4.33. The van der Waals surface area contributed by atoms with Crippen molar-refractivity contribution >= 4 is 43.5 Å². The van der Waals surface area contributed by atoms with Gasteiger partial charge in [-0.2, -0.15) is 0 Å². The quantitative estimate of drug-likeness (QED) is 0.589. The van der Waals surface area contributed by atoms with Gasteiger partial charge < -0.3 is 9.84 Å². The normalized spacial score (nSPS) is 16.3. The molecule has 0 atom stereocenters. The van der Waals surface area contributed by atoms with Crippen LogP contribution in [0.3, 0.4) is 0 Å². The van der Waals surface area contributed by atoms with Crippen LogP contribution in [0.1, 0.15) is 25.7 Å². The lowest BCUT2D eigenvalue weighted by Gasteiger charge is -2.41. The number of carboxylic acid groups (broad SMARTS) is 1. The predicted molar refractivity (Wildman–Crippen MR) is 78.0 cm³/mol. The van der Waals surface area contributed by atoms with E-state index in [2.05, 4.69) is 31.9 Å². The number of hydrogen-bond acceptors (Lipinski definition) is 4. The first kappa shape index (κ1) is 15.2. The second kappa shape index (κ2) is 5.69. The fraction of sp³-hybridized carbons (Fsp3) is 0.417. The lowest BCUT2D eigenvalue weighted by Crippen LogP contribution is -2.45. The molecule has 0 spiro atoms. The van der Waals surface area contributed by atoms with Gasteiger partial charge in [-0.05, 0) is 51.1 Å². The van der Waals surface area contributed by atoms with E-state index in [0.29, 0.717) is 27.5 Å². The van der Waals surface area contributed by atoms with Crippen molar-refractivity contribution in [3.63, 3.8) is 0 Å². The van der Waals surface area contributed by atoms with Crippen LogP contribution in [0.15, 0.2) is 21.1 Å². The number of non-ortho nitro benzene ring substituents is 1. The maximum atomic E-state index is 10.9. The second-order valence-corrected chi connectivity index (χ2v) is 6.41. The zero-order valence-electron chi connectivity index (χ0n) is 10.3. The fourth-order valence-corrected chi connectivity index (χ4v) is 3.45. The van der Waals surface area contributed by atoms with Gasteiger partial charge in [-0.15, -0.1) is 0 Å². The van der Waals surface area contributed by atoms with E-state index in [4.69, 9.17) is 9.84 Å². The number of rotatable bonds is 5. The Morgan fingerprint density at radius 3 is 2.30 bits per heavy atom. The van der Waals surface area contributed by atoms with Crippen molar-refractivity contribution in [1.82, 2.24) is 0 Å². The topological polar surface area (TPSA) is 89.7 Å². The Labute approximate surface area is 131 Å². The minimum absolute atomic E-state index is 0.0722. The van der Waals surface area contributed by atoms with Crippen molar-refractivity contribution < 1.29 is 19.6 Å². The van der Waals surface area contributed by atoms with Gasteiger partial charge in [-0.25, -0.2) is 0 Å². The van der Waals surface area contributed by atoms with E-state index in [9.17, 15) is 14.9 Å². The highest BCUT2D eigenvalue weighted by molar-refractivity contribution is 9.11. The number of benzene rings is 1. The molecule has 1 aliphatic rings. The number of nitro groups is 1. The average Bonchev–Trinajstić information content (AvgIpc) is 2.29. The summed E-state index contributed by atoms with van der Waals surface area (Å²) in [5, 5.41) is 19.7. The number of aliphatic carboxylic acids is 1. The second-order valence-electron chi connectivity index (χ2n) is 4.70. The third-order valence-electron chi connectivity index (χ3n) is 3.25. The molecule has 1 saturated carbocycles. The summed E-state index contributed by atoms with van der Waals surface area (Å²) in [6.07, 6.45) is 2.16. The van der Waals surface area contributed by atoms with Gasteiger partial charge in [-0.3, -0.25) is 14.9 Å². The van der Waals surface area contributed by atoms with Crippen LogP contribution in [0, 0.1) is 10.1 Å². The largest absolute Gasteiger partial charge is 0.484 e. The van der Waals surface area contributed by atoms with Crippen LogP contribution >= 0.6 is 31.9 Å². The predicted octanol–water partition coefficient (Wildman–Crippen LogP) is 3.90. The zero-order valence-corrected chi connectivity index (χ0v) is 13.4. The SMILES string of the molecule is O=C(O)CC1(Oc2c(Br)cc([N+](=O)[O-])cc2Br)CCC1. The number of halogens is 2. The smallest absolute Gasteiger partial charge is 0.307 e. The molecule has 0 radical (unpaired) electrons. The maximum absolute atomic E-state index is 10.9. The van der Waals surface area contributed by atoms with Crippen molar-refractivity contribution in [2.24, 2.45) is 0 Å². The summed E-state index contributed by atoms with van der Waals surface area (Å²) in [6.45, 7) is 0. The van der Waals surface area contributed by atoms with Crippen molar-refractivity contribution in [1.29, 1.82) is 0 Å². The Hall–Kier alpha value is -1.15. The van der Waals surface area contributed by atoms with Gasteiger partial charge in [0.25, 0.3) is 5.69 Å². The highest BCUT2D eigenvalue weighted by Gasteiger charge is 2.42. The Bertz CT molecular complexity index is 548. The van der Waals surface area contributed by atoms with Crippen LogP contribution in [-0.2, 0) is 4.79 Å². The molecule has 0 saturated heterocycles. The molecule has 8 heteroatoms. The highest BCUT2D eigenvalue weighted by atomic mass is 79.9. The third kappa shape index (κ3) is 3.12. The molecule has 2 rings (SSSR count). The van der Waals surface area contributed by atoms with E-state index in [-0.39, 0.29) is 12.1 Å². The summed E-state index contributed by atoms with van der Waals surface area (Å²) < 4.78 is 6.70. The number of hydrogen-bond donors (Lipinski definition) is 1. The van der Waals surface area contributed by atoms with Crippen LogP contribution < -0.4 is 4.74 Å². The first-order valence-corrected chi connectivity index (χ1v) is 7.46. The first-order valence-electron chi connectivity index (χ1n) is 5.87. The molecule has 1 aliphatic carbocycles. The molecule has 0 heterocycles. The van der Waals surface area contributed by atoms with Crippen molar-refractivity contribution in [3.8, 4) is 5.75 Å².